The van der Waals surface area contributed by atoms with E-state index in [1.165, 1.54) is 12.8 Å². The minimum atomic E-state index is 0.351. The van der Waals surface area contributed by atoms with Crippen LogP contribution in [0.3, 0.4) is 0 Å². The average molecular weight is 196 g/mol. The van der Waals surface area contributed by atoms with E-state index in [1.54, 1.807) is 0 Å². The van der Waals surface area contributed by atoms with Crippen molar-refractivity contribution >= 4 is 5.91 Å². The highest BCUT2D eigenvalue weighted by atomic mass is 16.2. The summed E-state index contributed by atoms with van der Waals surface area (Å²) in [5.41, 5.74) is 0.446. The maximum absolute atomic E-state index is 11.6. The monoisotopic (exact) mass is 196 g/mol. The van der Waals surface area contributed by atoms with Gasteiger partial charge in [0, 0.05) is 31.5 Å². The molecule has 2 fully saturated rings. The van der Waals surface area contributed by atoms with E-state index in [-0.39, 0.29) is 0 Å². The van der Waals surface area contributed by atoms with Crippen molar-refractivity contribution in [1.29, 1.82) is 0 Å². The Morgan fingerprint density at radius 2 is 2.29 bits per heavy atom. The predicted molar refractivity (Wildman–Crippen MR) is 56.0 cm³/mol. The van der Waals surface area contributed by atoms with E-state index in [9.17, 15) is 4.79 Å². The fraction of sp³-hybridized carbons (Fsp3) is 0.909. The molecule has 0 aliphatic carbocycles. The zero-order valence-electron chi connectivity index (χ0n) is 9.01. The summed E-state index contributed by atoms with van der Waals surface area (Å²) < 4.78 is 0. The third-order valence-corrected chi connectivity index (χ3v) is 3.43. The summed E-state index contributed by atoms with van der Waals surface area (Å²) in [4.78, 5) is 13.6. The maximum Gasteiger partial charge on any atom is 0.222 e. The van der Waals surface area contributed by atoms with E-state index >= 15 is 0 Å². The van der Waals surface area contributed by atoms with Crippen molar-refractivity contribution in [2.24, 2.45) is 5.41 Å². The minimum Gasteiger partial charge on any atom is -0.341 e. The standard InChI is InChI=1S/C11H20N2O/c1-2-4-10(14)13-8-11(9-13)5-3-6-12-7-11/h12H,2-9H2,1H3. The number of piperidine rings is 1. The summed E-state index contributed by atoms with van der Waals surface area (Å²) in [7, 11) is 0. The van der Waals surface area contributed by atoms with Crippen LogP contribution < -0.4 is 5.32 Å². The third-order valence-electron chi connectivity index (χ3n) is 3.43. The highest BCUT2D eigenvalue weighted by Gasteiger charge is 2.44. The van der Waals surface area contributed by atoms with Gasteiger partial charge < -0.3 is 10.2 Å². The molecule has 1 spiro atoms. The van der Waals surface area contributed by atoms with E-state index in [0.717, 1.165) is 39.0 Å². The fourth-order valence-electron chi connectivity index (χ4n) is 2.61. The lowest BCUT2D eigenvalue weighted by atomic mass is 9.74. The van der Waals surface area contributed by atoms with Crippen LogP contribution in [0.2, 0.25) is 0 Å². The Hall–Kier alpha value is -0.570. The molecule has 0 aromatic carbocycles. The van der Waals surface area contributed by atoms with Crippen LogP contribution >= 0.6 is 0 Å². The van der Waals surface area contributed by atoms with Crippen LogP contribution in [-0.4, -0.2) is 37.0 Å². The molecular weight excluding hydrogens is 176 g/mol. The van der Waals surface area contributed by atoms with Crippen molar-refractivity contribution in [3.8, 4) is 0 Å². The first-order valence-corrected chi connectivity index (χ1v) is 5.74. The van der Waals surface area contributed by atoms with Gasteiger partial charge in [0.15, 0.2) is 0 Å². The topological polar surface area (TPSA) is 32.3 Å². The number of nitrogens with zero attached hydrogens (tertiary/aromatic N) is 1. The SMILES string of the molecule is CCCC(=O)N1CC2(CCCNC2)C1. The van der Waals surface area contributed by atoms with Crippen molar-refractivity contribution in [1.82, 2.24) is 10.2 Å². The molecule has 3 nitrogen and oxygen atoms in total. The van der Waals surface area contributed by atoms with Gasteiger partial charge in [-0.3, -0.25) is 4.79 Å². The first-order chi connectivity index (χ1) is 6.76. The molecule has 80 valence electrons. The normalized spacial score (nSPS) is 24.8. The molecule has 2 heterocycles. The summed E-state index contributed by atoms with van der Waals surface area (Å²) in [6, 6.07) is 0. The molecule has 0 bridgehead atoms. The number of hydrogen-bond acceptors (Lipinski definition) is 2. The van der Waals surface area contributed by atoms with Gasteiger partial charge in [-0.1, -0.05) is 6.92 Å². The number of carbonyl (C=O) groups is 1. The smallest absolute Gasteiger partial charge is 0.222 e. The minimum absolute atomic E-state index is 0.351. The van der Waals surface area contributed by atoms with Crippen LogP contribution in [0.15, 0.2) is 0 Å². The number of likely N-dealkylation sites (tertiary alicyclic amines) is 1. The van der Waals surface area contributed by atoms with Crippen LogP contribution in [0.5, 0.6) is 0 Å². The Balaban J connectivity index is 1.79. The number of nitrogens with one attached hydrogen (secondary N) is 1. The third kappa shape index (κ3) is 1.78. The Bertz CT molecular complexity index is 213. The fourth-order valence-corrected chi connectivity index (χ4v) is 2.61. The highest BCUT2D eigenvalue weighted by Crippen LogP contribution is 2.36. The van der Waals surface area contributed by atoms with Crippen molar-refractivity contribution < 1.29 is 4.79 Å². The second-order valence-corrected chi connectivity index (χ2v) is 4.78. The Kier molecular flexibility index (Phi) is 2.77. The molecule has 0 radical (unpaired) electrons. The zero-order chi connectivity index (χ0) is 10.0. The van der Waals surface area contributed by atoms with E-state index in [2.05, 4.69) is 12.2 Å². The van der Waals surface area contributed by atoms with E-state index in [0.29, 0.717) is 11.3 Å². The lowest BCUT2D eigenvalue weighted by molar-refractivity contribution is -0.144. The molecule has 2 rings (SSSR count). The first kappa shape index (κ1) is 9.97. The van der Waals surface area contributed by atoms with Gasteiger partial charge in [-0.2, -0.15) is 0 Å². The number of amides is 1. The highest BCUT2D eigenvalue weighted by molar-refractivity contribution is 5.77. The number of carbonyl (C=O) groups excluding carboxylic acids is 1. The number of hydrogen-bond donors (Lipinski definition) is 1. The summed E-state index contributed by atoms with van der Waals surface area (Å²) in [5.74, 6) is 0.351. The first-order valence-electron chi connectivity index (χ1n) is 5.74. The van der Waals surface area contributed by atoms with Gasteiger partial charge in [0.2, 0.25) is 5.91 Å². The summed E-state index contributed by atoms with van der Waals surface area (Å²) in [6.07, 6.45) is 4.27. The van der Waals surface area contributed by atoms with Crippen molar-refractivity contribution in [2.45, 2.75) is 32.6 Å². The van der Waals surface area contributed by atoms with E-state index in [4.69, 9.17) is 0 Å². The Labute approximate surface area is 85.8 Å². The van der Waals surface area contributed by atoms with Crippen molar-refractivity contribution in [2.75, 3.05) is 26.2 Å². The largest absolute Gasteiger partial charge is 0.341 e. The molecule has 0 aromatic rings. The molecular formula is C11H20N2O. The predicted octanol–water partition coefficient (Wildman–Crippen LogP) is 0.998. The van der Waals surface area contributed by atoms with Gasteiger partial charge in [-0.15, -0.1) is 0 Å². The molecule has 2 aliphatic heterocycles. The molecule has 3 heteroatoms. The maximum atomic E-state index is 11.6. The van der Waals surface area contributed by atoms with Crippen LogP contribution in [0.25, 0.3) is 0 Å². The molecule has 0 saturated carbocycles. The summed E-state index contributed by atoms with van der Waals surface area (Å²) in [5, 5.41) is 3.43. The van der Waals surface area contributed by atoms with Gasteiger partial charge in [0.1, 0.15) is 0 Å². The van der Waals surface area contributed by atoms with Gasteiger partial charge in [0.25, 0.3) is 0 Å². The van der Waals surface area contributed by atoms with Crippen LogP contribution in [0.4, 0.5) is 0 Å². The molecule has 14 heavy (non-hydrogen) atoms. The Morgan fingerprint density at radius 1 is 1.50 bits per heavy atom. The molecule has 1 N–H and O–H groups in total. The van der Waals surface area contributed by atoms with Gasteiger partial charge in [-0.25, -0.2) is 0 Å². The van der Waals surface area contributed by atoms with E-state index < -0.39 is 0 Å². The Morgan fingerprint density at radius 3 is 2.86 bits per heavy atom. The molecule has 0 aromatic heterocycles. The quantitative estimate of drug-likeness (QED) is 0.714. The van der Waals surface area contributed by atoms with Gasteiger partial charge in [0.05, 0.1) is 0 Å². The summed E-state index contributed by atoms with van der Waals surface area (Å²) >= 11 is 0. The van der Waals surface area contributed by atoms with Crippen LogP contribution in [0.1, 0.15) is 32.6 Å². The second kappa shape index (κ2) is 3.89. The zero-order valence-corrected chi connectivity index (χ0v) is 9.01. The van der Waals surface area contributed by atoms with Crippen LogP contribution in [-0.2, 0) is 4.79 Å². The lowest BCUT2D eigenvalue weighted by Crippen LogP contribution is -2.63. The molecule has 0 atom stereocenters. The lowest BCUT2D eigenvalue weighted by Gasteiger charge is -2.52. The summed E-state index contributed by atoms with van der Waals surface area (Å²) in [6.45, 7) is 6.33. The molecule has 2 aliphatic rings. The molecule has 2 saturated heterocycles. The van der Waals surface area contributed by atoms with Gasteiger partial charge in [-0.05, 0) is 25.8 Å². The van der Waals surface area contributed by atoms with Gasteiger partial charge >= 0.3 is 0 Å². The van der Waals surface area contributed by atoms with E-state index in [1.807, 2.05) is 4.90 Å². The van der Waals surface area contributed by atoms with Crippen LogP contribution in [0, 0.1) is 5.41 Å². The molecule has 0 unspecified atom stereocenters. The van der Waals surface area contributed by atoms with Crippen molar-refractivity contribution in [3.05, 3.63) is 0 Å². The number of rotatable bonds is 2. The second-order valence-electron chi connectivity index (χ2n) is 4.78. The average Bonchev–Trinajstić information content (AvgIpc) is 2.16. The molecule has 1 amide bonds. The van der Waals surface area contributed by atoms with Crippen molar-refractivity contribution in [3.63, 3.8) is 0 Å².